The fourth-order valence-electron chi connectivity index (χ4n) is 2.54. The van der Waals surface area contributed by atoms with Crippen molar-refractivity contribution in [2.75, 3.05) is 18.0 Å². The molecule has 0 radical (unpaired) electrons. The molecule has 0 saturated carbocycles. The Morgan fingerprint density at radius 1 is 1.19 bits per heavy atom. The summed E-state index contributed by atoms with van der Waals surface area (Å²) in [5.41, 5.74) is 4.06. The molecule has 0 aliphatic carbocycles. The van der Waals surface area contributed by atoms with Crippen LogP contribution in [-0.4, -0.2) is 13.1 Å². The standard InChI is InChI=1S/C14H18N2/c1-11-4-3-5-12(2)14(11)16-8-6-13(10-15)7-9-16/h3-5,13H,6-9H2,1-2H3. The molecule has 2 nitrogen and oxygen atoms in total. The van der Waals surface area contributed by atoms with E-state index in [0.717, 1.165) is 25.9 Å². The molecule has 1 aromatic carbocycles. The van der Waals surface area contributed by atoms with Gasteiger partial charge in [0.25, 0.3) is 0 Å². The van der Waals surface area contributed by atoms with Crippen LogP contribution in [0.2, 0.25) is 0 Å². The Kier molecular flexibility index (Phi) is 3.14. The molecule has 2 heteroatoms. The minimum absolute atomic E-state index is 0.264. The van der Waals surface area contributed by atoms with Crippen LogP contribution in [0.4, 0.5) is 5.69 Å². The van der Waals surface area contributed by atoms with E-state index in [1.807, 2.05) is 0 Å². The zero-order chi connectivity index (χ0) is 11.5. The van der Waals surface area contributed by atoms with Crippen molar-refractivity contribution in [2.24, 2.45) is 5.92 Å². The number of hydrogen-bond donors (Lipinski definition) is 0. The number of hydrogen-bond acceptors (Lipinski definition) is 2. The van der Waals surface area contributed by atoms with E-state index in [9.17, 15) is 0 Å². The molecule has 1 fully saturated rings. The Bertz CT molecular complexity index is 389. The Hall–Kier alpha value is -1.49. The number of para-hydroxylation sites is 1. The first kappa shape index (κ1) is 11.0. The topological polar surface area (TPSA) is 27.0 Å². The lowest BCUT2D eigenvalue weighted by molar-refractivity contribution is 0.487. The largest absolute Gasteiger partial charge is 0.371 e. The number of rotatable bonds is 1. The summed E-state index contributed by atoms with van der Waals surface area (Å²) < 4.78 is 0. The fourth-order valence-corrected chi connectivity index (χ4v) is 2.54. The van der Waals surface area contributed by atoms with Crippen LogP contribution in [0, 0.1) is 31.1 Å². The summed E-state index contributed by atoms with van der Waals surface area (Å²) in [5, 5.41) is 8.89. The van der Waals surface area contributed by atoms with E-state index in [0.29, 0.717) is 0 Å². The van der Waals surface area contributed by atoms with Crippen molar-refractivity contribution in [3.05, 3.63) is 29.3 Å². The quantitative estimate of drug-likeness (QED) is 0.718. The maximum atomic E-state index is 8.89. The number of nitriles is 1. The van der Waals surface area contributed by atoms with Crippen LogP contribution < -0.4 is 4.90 Å². The minimum Gasteiger partial charge on any atom is -0.371 e. The minimum atomic E-state index is 0.264. The summed E-state index contributed by atoms with van der Waals surface area (Å²) >= 11 is 0. The van der Waals surface area contributed by atoms with Crippen LogP contribution in [0.3, 0.4) is 0 Å². The highest BCUT2D eigenvalue weighted by Gasteiger charge is 2.20. The van der Waals surface area contributed by atoms with Crippen LogP contribution in [-0.2, 0) is 0 Å². The van der Waals surface area contributed by atoms with Gasteiger partial charge < -0.3 is 4.90 Å². The van der Waals surface area contributed by atoms with Crippen LogP contribution in [0.1, 0.15) is 24.0 Å². The SMILES string of the molecule is Cc1cccc(C)c1N1CCC(C#N)CC1. The monoisotopic (exact) mass is 214 g/mol. The average Bonchev–Trinajstić information content (AvgIpc) is 2.30. The van der Waals surface area contributed by atoms with Gasteiger partial charge in [0.05, 0.1) is 6.07 Å². The third-order valence-corrected chi connectivity index (χ3v) is 3.43. The molecule has 1 saturated heterocycles. The van der Waals surface area contributed by atoms with Crippen molar-refractivity contribution in [1.82, 2.24) is 0 Å². The molecule has 0 bridgehead atoms. The normalized spacial score (nSPS) is 17.2. The molecule has 1 aromatic rings. The Morgan fingerprint density at radius 2 is 1.75 bits per heavy atom. The second-order valence-corrected chi connectivity index (χ2v) is 4.63. The lowest BCUT2D eigenvalue weighted by Crippen LogP contribution is -2.34. The molecule has 1 heterocycles. The Morgan fingerprint density at radius 3 is 2.25 bits per heavy atom. The van der Waals surface area contributed by atoms with Crippen molar-refractivity contribution >= 4 is 5.69 Å². The molecule has 0 aromatic heterocycles. The van der Waals surface area contributed by atoms with Gasteiger partial charge in [-0.1, -0.05) is 18.2 Å². The maximum Gasteiger partial charge on any atom is 0.0657 e. The van der Waals surface area contributed by atoms with E-state index in [1.54, 1.807) is 0 Å². The molecule has 0 atom stereocenters. The number of benzene rings is 1. The predicted molar refractivity (Wildman–Crippen MR) is 66.5 cm³/mol. The molecule has 2 rings (SSSR count). The lowest BCUT2D eigenvalue weighted by atomic mass is 9.96. The highest BCUT2D eigenvalue weighted by atomic mass is 15.1. The summed E-state index contributed by atoms with van der Waals surface area (Å²) in [6, 6.07) is 8.82. The highest BCUT2D eigenvalue weighted by Crippen LogP contribution is 2.28. The Labute approximate surface area is 97.5 Å². The van der Waals surface area contributed by atoms with Crippen LogP contribution in [0.15, 0.2) is 18.2 Å². The third-order valence-electron chi connectivity index (χ3n) is 3.43. The maximum absolute atomic E-state index is 8.89. The third kappa shape index (κ3) is 2.04. The summed E-state index contributed by atoms with van der Waals surface area (Å²) in [7, 11) is 0. The van der Waals surface area contributed by atoms with Crippen molar-refractivity contribution in [3.63, 3.8) is 0 Å². The van der Waals surface area contributed by atoms with Gasteiger partial charge in [-0.25, -0.2) is 0 Å². The smallest absolute Gasteiger partial charge is 0.0657 e. The second-order valence-electron chi connectivity index (χ2n) is 4.63. The van der Waals surface area contributed by atoms with E-state index in [1.165, 1.54) is 16.8 Å². The number of anilines is 1. The lowest BCUT2D eigenvalue weighted by Gasteiger charge is -2.33. The highest BCUT2D eigenvalue weighted by molar-refractivity contribution is 5.59. The first-order valence-corrected chi connectivity index (χ1v) is 5.93. The van der Waals surface area contributed by atoms with E-state index < -0.39 is 0 Å². The molecule has 0 spiro atoms. The van der Waals surface area contributed by atoms with Gasteiger partial charge in [-0.2, -0.15) is 5.26 Å². The van der Waals surface area contributed by atoms with Gasteiger partial charge in [-0.15, -0.1) is 0 Å². The Balaban J connectivity index is 2.18. The molecule has 0 N–H and O–H groups in total. The number of piperidine rings is 1. The molecule has 1 aliphatic rings. The van der Waals surface area contributed by atoms with Crippen molar-refractivity contribution in [3.8, 4) is 6.07 Å². The van der Waals surface area contributed by atoms with Gasteiger partial charge >= 0.3 is 0 Å². The first-order chi connectivity index (χ1) is 7.72. The van der Waals surface area contributed by atoms with Gasteiger partial charge in [-0.3, -0.25) is 0 Å². The molecule has 1 aliphatic heterocycles. The summed E-state index contributed by atoms with van der Waals surface area (Å²) in [5.74, 6) is 0.264. The van der Waals surface area contributed by atoms with Gasteiger partial charge in [-0.05, 0) is 37.8 Å². The second kappa shape index (κ2) is 4.57. The van der Waals surface area contributed by atoms with E-state index in [2.05, 4.69) is 43.0 Å². The zero-order valence-corrected chi connectivity index (χ0v) is 10.0. The summed E-state index contributed by atoms with van der Waals surface area (Å²) in [6.07, 6.45) is 2.01. The van der Waals surface area contributed by atoms with Crippen LogP contribution in [0.25, 0.3) is 0 Å². The first-order valence-electron chi connectivity index (χ1n) is 5.93. The average molecular weight is 214 g/mol. The zero-order valence-electron chi connectivity index (χ0n) is 10.0. The molecular weight excluding hydrogens is 196 g/mol. The van der Waals surface area contributed by atoms with E-state index in [4.69, 9.17) is 5.26 Å². The molecular formula is C14H18N2. The summed E-state index contributed by atoms with van der Waals surface area (Å²) in [6.45, 7) is 6.37. The number of nitrogens with zero attached hydrogens (tertiary/aromatic N) is 2. The van der Waals surface area contributed by atoms with Gasteiger partial charge in [0.1, 0.15) is 0 Å². The van der Waals surface area contributed by atoms with Gasteiger partial charge in [0.2, 0.25) is 0 Å². The van der Waals surface area contributed by atoms with Crippen molar-refractivity contribution in [2.45, 2.75) is 26.7 Å². The predicted octanol–water partition coefficient (Wildman–Crippen LogP) is 3.04. The van der Waals surface area contributed by atoms with Gasteiger partial charge in [0.15, 0.2) is 0 Å². The van der Waals surface area contributed by atoms with Crippen molar-refractivity contribution in [1.29, 1.82) is 5.26 Å². The van der Waals surface area contributed by atoms with Gasteiger partial charge in [0, 0.05) is 24.7 Å². The molecule has 0 unspecified atom stereocenters. The number of aryl methyl sites for hydroxylation is 2. The van der Waals surface area contributed by atoms with Crippen molar-refractivity contribution < 1.29 is 0 Å². The molecule has 84 valence electrons. The fraction of sp³-hybridized carbons (Fsp3) is 0.500. The summed E-state index contributed by atoms with van der Waals surface area (Å²) in [4.78, 5) is 2.43. The van der Waals surface area contributed by atoms with E-state index >= 15 is 0 Å². The molecule has 0 amide bonds. The van der Waals surface area contributed by atoms with E-state index in [-0.39, 0.29) is 5.92 Å². The van der Waals surface area contributed by atoms with Crippen LogP contribution >= 0.6 is 0 Å². The van der Waals surface area contributed by atoms with Crippen LogP contribution in [0.5, 0.6) is 0 Å². The molecule has 16 heavy (non-hydrogen) atoms.